The summed E-state index contributed by atoms with van der Waals surface area (Å²) >= 11 is 0. The first-order chi connectivity index (χ1) is 9.56. The third-order valence-electron chi connectivity index (χ3n) is 2.94. The molecule has 0 radical (unpaired) electrons. The van der Waals surface area contributed by atoms with Crippen LogP contribution in [0.15, 0.2) is 42.7 Å². The molecule has 0 aliphatic carbocycles. The Labute approximate surface area is 140 Å². The van der Waals surface area contributed by atoms with Crippen LogP contribution >= 0.6 is 0 Å². The highest BCUT2D eigenvalue weighted by atomic mass is 127. The number of nitrogens with zero attached hydrogens (tertiary/aromatic N) is 1. The summed E-state index contributed by atoms with van der Waals surface area (Å²) in [6.45, 7) is 0.460. The van der Waals surface area contributed by atoms with E-state index in [9.17, 15) is 15.0 Å². The number of benzene rings is 1. The second kappa shape index (κ2) is 7.82. The van der Waals surface area contributed by atoms with E-state index in [1.165, 1.54) is 12.1 Å². The second-order valence-corrected chi connectivity index (χ2v) is 4.59. The number of aromatic nitrogens is 1. The smallest absolute Gasteiger partial charge is 0.257 e. The number of pyridine rings is 1. The summed E-state index contributed by atoms with van der Waals surface area (Å²) in [6.07, 6.45) is 4.19. The SMILES string of the molecule is C[n+]1cccc(C(=O)NCCc2ccc(O)c(O)c2)c1.[I-]. The molecule has 1 aromatic heterocycles. The molecular weight excluding hydrogens is 383 g/mol. The van der Waals surface area contributed by atoms with E-state index >= 15 is 0 Å². The number of phenolic OH excluding ortho intramolecular Hbond substituents is 2. The Morgan fingerprint density at radius 3 is 2.67 bits per heavy atom. The Morgan fingerprint density at radius 2 is 2.00 bits per heavy atom. The Bertz CT molecular complexity index is 632. The minimum Gasteiger partial charge on any atom is -1.00 e. The van der Waals surface area contributed by atoms with Crippen LogP contribution in [0.5, 0.6) is 11.5 Å². The molecule has 112 valence electrons. The van der Waals surface area contributed by atoms with Crippen LogP contribution in [0, 0.1) is 0 Å². The van der Waals surface area contributed by atoms with E-state index in [0.29, 0.717) is 18.5 Å². The zero-order valence-electron chi connectivity index (χ0n) is 11.6. The number of rotatable bonds is 4. The maximum atomic E-state index is 11.9. The van der Waals surface area contributed by atoms with Crippen LogP contribution in [-0.2, 0) is 13.5 Å². The van der Waals surface area contributed by atoms with Crippen molar-refractivity contribution in [2.75, 3.05) is 6.54 Å². The summed E-state index contributed by atoms with van der Waals surface area (Å²) in [5.41, 5.74) is 1.45. The number of carbonyl (C=O) groups excluding carboxylic acids is 1. The summed E-state index contributed by atoms with van der Waals surface area (Å²) in [7, 11) is 1.86. The molecule has 0 saturated carbocycles. The van der Waals surface area contributed by atoms with Gasteiger partial charge in [-0.2, -0.15) is 0 Å². The second-order valence-electron chi connectivity index (χ2n) is 4.59. The van der Waals surface area contributed by atoms with Crippen molar-refractivity contribution < 1.29 is 43.6 Å². The lowest BCUT2D eigenvalue weighted by molar-refractivity contribution is -0.671. The first-order valence-electron chi connectivity index (χ1n) is 6.30. The van der Waals surface area contributed by atoms with Gasteiger partial charge in [-0.3, -0.25) is 4.79 Å². The third-order valence-corrected chi connectivity index (χ3v) is 2.94. The van der Waals surface area contributed by atoms with Gasteiger partial charge in [-0.15, -0.1) is 0 Å². The molecule has 0 aliphatic rings. The molecule has 1 heterocycles. The molecular formula is C15H17IN2O3. The molecule has 0 spiro atoms. The number of carbonyl (C=O) groups is 1. The van der Waals surface area contributed by atoms with Gasteiger partial charge in [0, 0.05) is 12.6 Å². The van der Waals surface area contributed by atoms with Crippen molar-refractivity contribution in [2.24, 2.45) is 7.05 Å². The van der Waals surface area contributed by atoms with Crippen LogP contribution in [0.25, 0.3) is 0 Å². The number of hydrogen-bond acceptors (Lipinski definition) is 3. The molecule has 0 atom stereocenters. The molecule has 1 amide bonds. The van der Waals surface area contributed by atoms with Gasteiger partial charge in [-0.25, -0.2) is 4.57 Å². The normalized spacial score (nSPS) is 9.76. The van der Waals surface area contributed by atoms with Crippen LogP contribution in [0.4, 0.5) is 0 Å². The van der Waals surface area contributed by atoms with Crippen LogP contribution in [-0.4, -0.2) is 22.7 Å². The fourth-order valence-corrected chi connectivity index (χ4v) is 1.87. The van der Waals surface area contributed by atoms with Crippen LogP contribution in [0.2, 0.25) is 0 Å². The number of amides is 1. The predicted molar refractivity (Wildman–Crippen MR) is 73.4 cm³/mol. The maximum absolute atomic E-state index is 11.9. The Kier molecular flexibility index (Phi) is 6.41. The van der Waals surface area contributed by atoms with E-state index in [0.717, 1.165) is 5.56 Å². The molecule has 0 saturated heterocycles. The molecule has 0 fully saturated rings. The minimum atomic E-state index is -0.149. The van der Waals surface area contributed by atoms with Gasteiger partial charge in [0.25, 0.3) is 5.91 Å². The van der Waals surface area contributed by atoms with Crippen molar-refractivity contribution in [1.29, 1.82) is 0 Å². The molecule has 0 aliphatic heterocycles. The van der Waals surface area contributed by atoms with Crippen LogP contribution in [0.1, 0.15) is 15.9 Å². The fraction of sp³-hybridized carbons (Fsp3) is 0.200. The van der Waals surface area contributed by atoms with E-state index in [-0.39, 0.29) is 41.4 Å². The highest BCUT2D eigenvalue weighted by Crippen LogP contribution is 2.24. The highest BCUT2D eigenvalue weighted by Gasteiger charge is 2.08. The van der Waals surface area contributed by atoms with Gasteiger partial charge in [0.2, 0.25) is 0 Å². The van der Waals surface area contributed by atoms with Gasteiger partial charge in [0.05, 0.1) is 0 Å². The fourth-order valence-electron chi connectivity index (χ4n) is 1.87. The molecule has 5 nitrogen and oxygen atoms in total. The minimum absolute atomic E-state index is 0. The quantitative estimate of drug-likeness (QED) is 0.313. The van der Waals surface area contributed by atoms with E-state index in [2.05, 4.69) is 5.32 Å². The monoisotopic (exact) mass is 400 g/mol. The van der Waals surface area contributed by atoms with E-state index in [1.807, 2.05) is 23.9 Å². The molecule has 21 heavy (non-hydrogen) atoms. The summed E-state index contributed by atoms with van der Waals surface area (Å²) in [5, 5.41) is 21.4. The van der Waals surface area contributed by atoms with Gasteiger partial charge in [-0.1, -0.05) is 6.07 Å². The lowest BCUT2D eigenvalue weighted by Crippen LogP contribution is -3.00. The topological polar surface area (TPSA) is 73.4 Å². The first kappa shape index (κ1) is 17.2. The maximum Gasteiger partial charge on any atom is 0.257 e. The Balaban J connectivity index is 0.00000220. The van der Waals surface area contributed by atoms with Crippen molar-refractivity contribution in [3.05, 3.63) is 53.9 Å². The van der Waals surface area contributed by atoms with Crippen molar-refractivity contribution in [1.82, 2.24) is 5.32 Å². The van der Waals surface area contributed by atoms with Gasteiger partial charge >= 0.3 is 0 Å². The zero-order chi connectivity index (χ0) is 14.5. The van der Waals surface area contributed by atoms with Crippen molar-refractivity contribution in [2.45, 2.75) is 6.42 Å². The number of phenols is 2. The predicted octanol–water partition coefficient (Wildman–Crippen LogP) is -2.10. The number of aromatic hydroxyl groups is 2. The number of aryl methyl sites for hydroxylation is 1. The van der Waals surface area contributed by atoms with Crippen LogP contribution in [0.3, 0.4) is 0 Å². The van der Waals surface area contributed by atoms with Gasteiger partial charge in [0.1, 0.15) is 12.6 Å². The Morgan fingerprint density at radius 1 is 1.24 bits per heavy atom. The van der Waals surface area contributed by atoms with Gasteiger partial charge in [-0.05, 0) is 30.2 Å². The van der Waals surface area contributed by atoms with Crippen molar-refractivity contribution in [3.63, 3.8) is 0 Å². The number of halogens is 1. The molecule has 1 aromatic carbocycles. The third kappa shape index (κ3) is 4.89. The Hall–Kier alpha value is -1.83. The summed E-state index contributed by atoms with van der Waals surface area (Å²) in [6, 6.07) is 8.20. The molecule has 2 aromatic rings. The largest absolute Gasteiger partial charge is 1.00 e. The average Bonchev–Trinajstić information content (AvgIpc) is 2.42. The number of nitrogens with one attached hydrogen (secondary N) is 1. The summed E-state index contributed by atoms with van der Waals surface area (Å²) < 4.78 is 1.81. The summed E-state index contributed by atoms with van der Waals surface area (Å²) in [5.74, 6) is -0.428. The van der Waals surface area contributed by atoms with E-state index in [1.54, 1.807) is 18.3 Å². The highest BCUT2D eigenvalue weighted by molar-refractivity contribution is 5.93. The van der Waals surface area contributed by atoms with Crippen LogP contribution < -0.4 is 33.9 Å². The molecule has 0 unspecified atom stereocenters. The molecule has 0 bridgehead atoms. The summed E-state index contributed by atoms with van der Waals surface area (Å²) in [4.78, 5) is 11.9. The van der Waals surface area contributed by atoms with Crippen molar-refractivity contribution >= 4 is 5.91 Å². The molecule has 2 rings (SSSR count). The van der Waals surface area contributed by atoms with E-state index < -0.39 is 0 Å². The standard InChI is InChI=1S/C15H16N2O3.HI/c1-17-8-2-3-12(10-17)15(20)16-7-6-11-4-5-13(18)14(19)9-11;/h2-5,8-10H,6-7H2,1H3,(H2-,16,18,19,20);1H. The van der Waals surface area contributed by atoms with Gasteiger partial charge in [0.15, 0.2) is 23.9 Å². The lowest BCUT2D eigenvalue weighted by Gasteiger charge is -2.05. The average molecular weight is 400 g/mol. The van der Waals surface area contributed by atoms with Gasteiger partial charge < -0.3 is 39.5 Å². The lowest BCUT2D eigenvalue weighted by atomic mass is 10.1. The number of hydrogen-bond donors (Lipinski definition) is 3. The first-order valence-corrected chi connectivity index (χ1v) is 6.30. The van der Waals surface area contributed by atoms with E-state index in [4.69, 9.17) is 0 Å². The molecule has 3 N–H and O–H groups in total. The molecule has 6 heteroatoms. The van der Waals surface area contributed by atoms with Crippen molar-refractivity contribution in [3.8, 4) is 11.5 Å². The zero-order valence-corrected chi connectivity index (χ0v) is 13.7.